The fraction of sp³-hybridized carbons (Fsp3) is 0.208. The van der Waals surface area contributed by atoms with Gasteiger partial charge in [-0.3, -0.25) is 9.10 Å². The Morgan fingerprint density at radius 2 is 1.68 bits per heavy atom. The first kappa shape index (κ1) is 22.4. The van der Waals surface area contributed by atoms with E-state index in [-0.39, 0.29) is 18.9 Å². The molecule has 31 heavy (non-hydrogen) atoms. The van der Waals surface area contributed by atoms with Gasteiger partial charge in [-0.2, -0.15) is 0 Å². The molecule has 1 amide bonds. The molecule has 0 atom stereocenters. The fourth-order valence-corrected chi connectivity index (χ4v) is 4.27. The molecule has 0 bridgehead atoms. The minimum absolute atomic E-state index is 0.164. The standard InChI is InChI=1S/C24H26N2O4S/c1-30-21-13-8-12-20(18-21)26(31(2,28)29)17-9-16-24(27)25-23-15-7-6-14-22(23)19-10-4-3-5-11-19/h3-8,10-15,18H,9,16-17H2,1-2H3,(H,25,27). The smallest absolute Gasteiger partial charge is 0.232 e. The average molecular weight is 439 g/mol. The summed E-state index contributed by atoms with van der Waals surface area (Å²) in [6.07, 6.45) is 1.73. The Balaban J connectivity index is 1.66. The number of methoxy groups -OCH3 is 1. The highest BCUT2D eigenvalue weighted by molar-refractivity contribution is 7.92. The Labute approximate surface area is 183 Å². The van der Waals surface area contributed by atoms with Crippen molar-refractivity contribution in [1.82, 2.24) is 0 Å². The predicted octanol–water partition coefficient (Wildman–Crippen LogP) is 4.55. The topological polar surface area (TPSA) is 75.7 Å². The summed E-state index contributed by atoms with van der Waals surface area (Å²) in [4.78, 5) is 12.6. The summed E-state index contributed by atoms with van der Waals surface area (Å²) in [6.45, 7) is 0.194. The lowest BCUT2D eigenvalue weighted by Crippen LogP contribution is -2.31. The minimum atomic E-state index is -3.50. The van der Waals surface area contributed by atoms with E-state index in [4.69, 9.17) is 4.74 Å². The molecule has 0 aliphatic heterocycles. The molecule has 0 radical (unpaired) electrons. The molecule has 7 heteroatoms. The highest BCUT2D eigenvalue weighted by Gasteiger charge is 2.18. The van der Waals surface area contributed by atoms with Crippen LogP contribution in [0.5, 0.6) is 5.75 Å². The van der Waals surface area contributed by atoms with Crippen LogP contribution in [0.2, 0.25) is 0 Å². The molecule has 0 saturated carbocycles. The van der Waals surface area contributed by atoms with Gasteiger partial charge in [0.05, 0.1) is 19.1 Å². The molecule has 1 N–H and O–H groups in total. The van der Waals surface area contributed by atoms with Crippen LogP contribution >= 0.6 is 0 Å². The largest absolute Gasteiger partial charge is 0.497 e. The van der Waals surface area contributed by atoms with Gasteiger partial charge in [0.1, 0.15) is 5.75 Å². The van der Waals surface area contributed by atoms with Crippen molar-refractivity contribution in [3.05, 3.63) is 78.9 Å². The third-order valence-corrected chi connectivity index (χ3v) is 5.99. The summed E-state index contributed by atoms with van der Waals surface area (Å²) >= 11 is 0. The van der Waals surface area contributed by atoms with Gasteiger partial charge in [-0.1, -0.05) is 54.6 Å². The fourth-order valence-electron chi connectivity index (χ4n) is 3.31. The van der Waals surface area contributed by atoms with Crippen molar-refractivity contribution in [2.75, 3.05) is 29.5 Å². The first-order chi connectivity index (χ1) is 14.9. The van der Waals surface area contributed by atoms with E-state index in [1.807, 2.05) is 54.6 Å². The number of nitrogens with zero attached hydrogens (tertiary/aromatic N) is 1. The van der Waals surface area contributed by atoms with Gasteiger partial charge >= 0.3 is 0 Å². The van der Waals surface area contributed by atoms with E-state index in [9.17, 15) is 13.2 Å². The summed E-state index contributed by atoms with van der Waals surface area (Å²) in [5, 5.41) is 2.95. The van der Waals surface area contributed by atoms with E-state index in [0.29, 0.717) is 17.9 Å². The van der Waals surface area contributed by atoms with Crippen LogP contribution < -0.4 is 14.4 Å². The summed E-state index contributed by atoms with van der Waals surface area (Å²) < 4.78 is 31.0. The number of ether oxygens (including phenoxy) is 1. The molecular formula is C24H26N2O4S. The Bertz CT molecular complexity index is 1130. The van der Waals surface area contributed by atoms with Crippen molar-refractivity contribution in [1.29, 1.82) is 0 Å². The maximum Gasteiger partial charge on any atom is 0.232 e. The molecular weight excluding hydrogens is 412 g/mol. The Hall–Kier alpha value is -3.32. The maximum absolute atomic E-state index is 12.6. The van der Waals surface area contributed by atoms with Crippen molar-refractivity contribution in [3.63, 3.8) is 0 Å². The van der Waals surface area contributed by atoms with Gasteiger partial charge in [0, 0.05) is 30.3 Å². The van der Waals surface area contributed by atoms with Crippen molar-refractivity contribution in [3.8, 4) is 16.9 Å². The Morgan fingerprint density at radius 3 is 2.39 bits per heavy atom. The van der Waals surface area contributed by atoms with Crippen molar-refractivity contribution >= 4 is 27.3 Å². The van der Waals surface area contributed by atoms with Gasteiger partial charge < -0.3 is 10.1 Å². The molecule has 0 heterocycles. The summed E-state index contributed by atoms with van der Waals surface area (Å²) in [7, 11) is -1.97. The van der Waals surface area contributed by atoms with Gasteiger partial charge in [-0.15, -0.1) is 0 Å². The highest BCUT2D eigenvalue weighted by atomic mass is 32.2. The van der Waals surface area contributed by atoms with E-state index in [1.54, 1.807) is 24.3 Å². The number of anilines is 2. The molecule has 6 nitrogen and oxygen atoms in total. The minimum Gasteiger partial charge on any atom is -0.497 e. The van der Waals surface area contributed by atoms with Crippen molar-refractivity contribution < 1.29 is 17.9 Å². The lowest BCUT2D eigenvalue weighted by Gasteiger charge is -2.22. The molecule has 0 aromatic heterocycles. The zero-order valence-electron chi connectivity index (χ0n) is 17.6. The molecule has 0 unspecified atom stereocenters. The molecule has 3 aromatic rings. The molecule has 0 aliphatic rings. The average Bonchev–Trinajstić information content (AvgIpc) is 2.77. The van der Waals surface area contributed by atoms with Gasteiger partial charge in [0.2, 0.25) is 15.9 Å². The predicted molar refractivity (Wildman–Crippen MR) is 125 cm³/mol. The second-order valence-corrected chi connectivity index (χ2v) is 9.01. The van der Waals surface area contributed by atoms with E-state index < -0.39 is 10.0 Å². The first-order valence-electron chi connectivity index (χ1n) is 9.94. The highest BCUT2D eigenvalue weighted by Crippen LogP contribution is 2.28. The zero-order chi connectivity index (χ0) is 22.3. The number of nitrogens with one attached hydrogen (secondary N) is 1. The number of carbonyl (C=O) groups is 1. The molecule has 162 valence electrons. The SMILES string of the molecule is COc1cccc(N(CCCC(=O)Nc2ccccc2-c2ccccc2)S(C)(=O)=O)c1. The van der Waals surface area contributed by atoms with Crippen LogP contribution in [0.1, 0.15) is 12.8 Å². The van der Waals surface area contributed by atoms with Crippen molar-refractivity contribution in [2.45, 2.75) is 12.8 Å². The van der Waals surface area contributed by atoms with Crippen LogP contribution in [-0.2, 0) is 14.8 Å². The van der Waals surface area contributed by atoms with Crippen LogP contribution in [0.15, 0.2) is 78.9 Å². The summed E-state index contributed by atoms with van der Waals surface area (Å²) in [6, 6.07) is 24.3. The second-order valence-electron chi connectivity index (χ2n) is 7.10. The van der Waals surface area contributed by atoms with Gasteiger partial charge in [0.25, 0.3) is 0 Å². The molecule has 0 fully saturated rings. The molecule has 0 aliphatic carbocycles. The number of hydrogen-bond donors (Lipinski definition) is 1. The number of sulfonamides is 1. The van der Waals surface area contributed by atoms with Gasteiger partial charge in [-0.05, 0) is 30.2 Å². The third kappa shape index (κ3) is 6.08. The Morgan fingerprint density at radius 1 is 0.968 bits per heavy atom. The molecule has 3 rings (SSSR count). The van der Waals surface area contributed by atoms with Crippen LogP contribution in [-0.4, -0.2) is 34.2 Å². The number of rotatable bonds is 9. The zero-order valence-corrected chi connectivity index (χ0v) is 18.4. The second kappa shape index (κ2) is 10.1. The van der Waals surface area contributed by atoms with E-state index in [0.717, 1.165) is 23.1 Å². The number of para-hydroxylation sites is 1. The van der Waals surface area contributed by atoms with Crippen LogP contribution in [0.4, 0.5) is 11.4 Å². The van der Waals surface area contributed by atoms with E-state index in [1.165, 1.54) is 11.4 Å². The van der Waals surface area contributed by atoms with Crippen LogP contribution in [0, 0.1) is 0 Å². The van der Waals surface area contributed by atoms with Crippen LogP contribution in [0.25, 0.3) is 11.1 Å². The quantitative estimate of drug-likeness (QED) is 0.532. The van der Waals surface area contributed by atoms with Crippen molar-refractivity contribution in [2.24, 2.45) is 0 Å². The van der Waals surface area contributed by atoms with E-state index in [2.05, 4.69) is 5.32 Å². The number of amides is 1. The molecule has 0 saturated heterocycles. The first-order valence-corrected chi connectivity index (χ1v) is 11.8. The van der Waals surface area contributed by atoms with Gasteiger partial charge in [-0.25, -0.2) is 8.42 Å². The molecule has 3 aromatic carbocycles. The maximum atomic E-state index is 12.6. The summed E-state index contributed by atoms with van der Waals surface area (Å²) in [5.41, 5.74) is 3.19. The summed E-state index contributed by atoms with van der Waals surface area (Å²) in [5.74, 6) is 0.406. The normalized spacial score (nSPS) is 11.0. The lowest BCUT2D eigenvalue weighted by atomic mass is 10.0. The number of benzene rings is 3. The monoisotopic (exact) mass is 438 g/mol. The van der Waals surface area contributed by atoms with Crippen LogP contribution in [0.3, 0.4) is 0 Å². The Kier molecular flexibility index (Phi) is 7.31. The number of carbonyl (C=O) groups excluding carboxylic acids is 1. The third-order valence-electron chi connectivity index (χ3n) is 4.79. The lowest BCUT2D eigenvalue weighted by molar-refractivity contribution is -0.116. The van der Waals surface area contributed by atoms with Gasteiger partial charge in [0.15, 0.2) is 0 Å². The van der Waals surface area contributed by atoms with E-state index >= 15 is 0 Å². The number of hydrogen-bond acceptors (Lipinski definition) is 4. The molecule has 0 spiro atoms.